The molecule has 2 aromatic heterocycles. The monoisotopic (exact) mass is 392 g/mol. The number of rotatable bonds is 5. The smallest absolute Gasteiger partial charge is 0.339 e. The van der Waals surface area contributed by atoms with Crippen molar-refractivity contribution in [3.8, 4) is 5.75 Å². The number of aryl methyl sites for hydroxylation is 2. The summed E-state index contributed by atoms with van der Waals surface area (Å²) in [6.45, 7) is 3.89. The fourth-order valence-corrected chi connectivity index (χ4v) is 3.82. The Morgan fingerprint density at radius 2 is 2.00 bits per heavy atom. The Kier molecular flexibility index (Phi) is 5.34. The van der Waals surface area contributed by atoms with Crippen LogP contribution >= 0.6 is 0 Å². The van der Waals surface area contributed by atoms with Crippen molar-refractivity contribution in [2.75, 3.05) is 0 Å². The van der Waals surface area contributed by atoms with Crippen LogP contribution in [0.3, 0.4) is 0 Å². The SMILES string of the molecule is Cc1c(O[C@@H](C)C(=O)NCc2ccccn2)ccc2c3c(c(=O)oc12)CCCC3. The molecular formula is C23H24N2O4. The Bertz CT molecular complexity index is 1110. The minimum atomic E-state index is -0.695. The van der Waals surface area contributed by atoms with Crippen LogP contribution in [-0.2, 0) is 24.2 Å². The molecular weight excluding hydrogens is 368 g/mol. The molecule has 3 aromatic rings. The summed E-state index contributed by atoms with van der Waals surface area (Å²) in [6.07, 6.45) is 4.76. The molecule has 1 aliphatic rings. The van der Waals surface area contributed by atoms with Crippen LogP contribution in [-0.4, -0.2) is 17.0 Å². The van der Waals surface area contributed by atoms with Gasteiger partial charge in [0, 0.05) is 22.7 Å². The predicted octanol–water partition coefficient (Wildman–Crippen LogP) is 3.46. The van der Waals surface area contributed by atoms with Gasteiger partial charge in [0.05, 0.1) is 12.2 Å². The van der Waals surface area contributed by atoms with E-state index in [1.54, 1.807) is 13.1 Å². The Hall–Kier alpha value is -3.15. The lowest BCUT2D eigenvalue weighted by Crippen LogP contribution is -2.36. The topological polar surface area (TPSA) is 81.4 Å². The molecule has 0 aliphatic heterocycles. The van der Waals surface area contributed by atoms with Crippen molar-refractivity contribution < 1.29 is 13.9 Å². The molecule has 0 spiro atoms. The second-order valence-electron chi connectivity index (χ2n) is 7.42. The molecule has 6 nitrogen and oxygen atoms in total. The number of pyridine rings is 1. The molecule has 4 rings (SSSR count). The second kappa shape index (κ2) is 8.07. The lowest BCUT2D eigenvalue weighted by Gasteiger charge is -2.19. The van der Waals surface area contributed by atoms with E-state index in [0.717, 1.165) is 53.5 Å². The minimum absolute atomic E-state index is 0.234. The molecule has 1 atom stereocenters. The number of hydrogen-bond donors (Lipinski definition) is 1. The van der Waals surface area contributed by atoms with E-state index in [4.69, 9.17) is 9.15 Å². The van der Waals surface area contributed by atoms with Crippen LogP contribution < -0.4 is 15.7 Å². The highest BCUT2D eigenvalue weighted by Gasteiger charge is 2.21. The minimum Gasteiger partial charge on any atom is -0.480 e. The van der Waals surface area contributed by atoms with Crippen molar-refractivity contribution in [3.63, 3.8) is 0 Å². The average molecular weight is 392 g/mol. The number of benzene rings is 1. The summed E-state index contributed by atoms with van der Waals surface area (Å²) in [5, 5.41) is 3.79. The van der Waals surface area contributed by atoms with Gasteiger partial charge >= 0.3 is 5.63 Å². The number of carbonyl (C=O) groups is 1. The first-order chi connectivity index (χ1) is 14.0. The zero-order chi connectivity index (χ0) is 20.4. The number of amides is 1. The van der Waals surface area contributed by atoms with Gasteiger partial charge in [-0.05, 0) is 69.4 Å². The first-order valence-electron chi connectivity index (χ1n) is 9.97. The van der Waals surface area contributed by atoms with Gasteiger partial charge in [-0.25, -0.2) is 4.79 Å². The Morgan fingerprint density at radius 3 is 2.76 bits per heavy atom. The third-order valence-corrected chi connectivity index (χ3v) is 5.43. The number of fused-ring (bicyclic) bond motifs is 3. The van der Waals surface area contributed by atoms with Crippen LogP contribution in [0.5, 0.6) is 5.75 Å². The van der Waals surface area contributed by atoms with Crippen molar-refractivity contribution in [2.45, 2.75) is 52.2 Å². The van der Waals surface area contributed by atoms with E-state index in [-0.39, 0.29) is 11.5 Å². The van der Waals surface area contributed by atoms with Crippen molar-refractivity contribution in [3.05, 3.63) is 69.3 Å². The lowest BCUT2D eigenvalue weighted by atomic mass is 9.90. The van der Waals surface area contributed by atoms with Gasteiger partial charge in [-0.2, -0.15) is 0 Å². The quantitative estimate of drug-likeness (QED) is 0.673. The lowest BCUT2D eigenvalue weighted by molar-refractivity contribution is -0.127. The van der Waals surface area contributed by atoms with Crippen LogP contribution in [0.25, 0.3) is 11.0 Å². The largest absolute Gasteiger partial charge is 0.480 e. The van der Waals surface area contributed by atoms with Crippen LogP contribution in [0.2, 0.25) is 0 Å². The maximum atomic E-state index is 12.4. The highest BCUT2D eigenvalue weighted by Crippen LogP contribution is 2.32. The second-order valence-corrected chi connectivity index (χ2v) is 7.42. The molecule has 6 heteroatoms. The van der Waals surface area contributed by atoms with Crippen molar-refractivity contribution in [1.82, 2.24) is 10.3 Å². The molecule has 0 unspecified atom stereocenters. The van der Waals surface area contributed by atoms with Gasteiger partial charge in [0.1, 0.15) is 11.3 Å². The van der Waals surface area contributed by atoms with E-state index in [2.05, 4.69) is 10.3 Å². The van der Waals surface area contributed by atoms with Crippen molar-refractivity contribution in [1.29, 1.82) is 0 Å². The fourth-order valence-electron chi connectivity index (χ4n) is 3.82. The first kappa shape index (κ1) is 19.2. The van der Waals surface area contributed by atoms with E-state index >= 15 is 0 Å². The van der Waals surface area contributed by atoms with Gasteiger partial charge in [0.15, 0.2) is 6.10 Å². The first-order valence-corrected chi connectivity index (χ1v) is 9.97. The maximum Gasteiger partial charge on any atom is 0.339 e. The van der Waals surface area contributed by atoms with Crippen molar-refractivity contribution in [2.24, 2.45) is 0 Å². The molecule has 1 aliphatic carbocycles. The summed E-state index contributed by atoms with van der Waals surface area (Å²) in [4.78, 5) is 29.0. The van der Waals surface area contributed by atoms with Crippen LogP contribution in [0.4, 0.5) is 0 Å². The average Bonchev–Trinajstić information content (AvgIpc) is 2.75. The number of aromatic nitrogens is 1. The molecule has 0 saturated heterocycles. The Balaban J connectivity index is 1.54. The molecule has 0 bridgehead atoms. The molecule has 29 heavy (non-hydrogen) atoms. The molecule has 1 aromatic carbocycles. The van der Waals surface area contributed by atoms with Crippen LogP contribution in [0, 0.1) is 6.92 Å². The van der Waals surface area contributed by atoms with Gasteiger partial charge in [-0.15, -0.1) is 0 Å². The van der Waals surface area contributed by atoms with E-state index in [0.29, 0.717) is 17.9 Å². The van der Waals surface area contributed by atoms with E-state index in [1.807, 2.05) is 37.3 Å². The number of ether oxygens (including phenoxy) is 1. The standard InChI is InChI=1S/C23H24N2O4/c1-14-20(28-15(2)22(26)25-13-16-7-5-6-12-24-16)11-10-18-17-8-3-4-9-19(17)23(27)29-21(14)18/h5-7,10-12,15H,3-4,8-9,13H2,1-2H3,(H,25,26)/t15-/m0/s1. The highest BCUT2D eigenvalue weighted by molar-refractivity contribution is 5.86. The molecule has 1 N–H and O–H groups in total. The number of nitrogens with zero attached hydrogens (tertiary/aromatic N) is 1. The third kappa shape index (κ3) is 3.88. The predicted molar refractivity (Wildman–Crippen MR) is 110 cm³/mol. The third-order valence-electron chi connectivity index (χ3n) is 5.43. The zero-order valence-corrected chi connectivity index (χ0v) is 16.7. The summed E-state index contributed by atoms with van der Waals surface area (Å²) >= 11 is 0. The summed E-state index contributed by atoms with van der Waals surface area (Å²) in [5.74, 6) is 0.305. The van der Waals surface area contributed by atoms with Gasteiger partial charge in [0.25, 0.3) is 5.91 Å². The summed E-state index contributed by atoms with van der Waals surface area (Å²) in [5.41, 5.74) is 3.71. The highest BCUT2D eigenvalue weighted by atomic mass is 16.5. The maximum absolute atomic E-state index is 12.4. The number of nitrogens with one attached hydrogen (secondary N) is 1. The van der Waals surface area contributed by atoms with E-state index in [1.165, 1.54) is 0 Å². The van der Waals surface area contributed by atoms with Gasteiger partial charge in [0.2, 0.25) is 0 Å². The van der Waals surface area contributed by atoms with Gasteiger partial charge < -0.3 is 14.5 Å². The molecule has 2 heterocycles. The van der Waals surface area contributed by atoms with Crippen LogP contribution in [0.1, 0.15) is 42.1 Å². The molecule has 1 amide bonds. The van der Waals surface area contributed by atoms with Crippen molar-refractivity contribution >= 4 is 16.9 Å². The molecule has 0 fully saturated rings. The molecule has 0 radical (unpaired) electrons. The normalized spacial score (nSPS) is 14.3. The van der Waals surface area contributed by atoms with Crippen LogP contribution in [0.15, 0.2) is 45.7 Å². The number of carbonyl (C=O) groups excluding carboxylic acids is 1. The Morgan fingerprint density at radius 1 is 1.21 bits per heavy atom. The molecule has 0 saturated carbocycles. The summed E-state index contributed by atoms with van der Waals surface area (Å²) < 4.78 is 11.5. The van der Waals surface area contributed by atoms with E-state index in [9.17, 15) is 9.59 Å². The molecule has 150 valence electrons. The van der Waals surface area contributed by atoms with Gasteiger partial charge in [-0.1, -0.05) is 6.07 Å². The summed E-state index contributed by atoms with van der Waals surface area (Å²) in [7, 11) is 0. The zero-order valence-electron chi connectivity index (χ0n) is 16.7. The summed E-state index contributed by atoms with van der Waals surface area (Å²) in [6, 6.07) is 9.34. The van der Waals surface area contributed by atoms with E-state index < -0.39 is 6.10 Å². The number of hydrogen-bond acceptors (Lipinski definition) is 5. The Labute approximate surface area is 168 Å². The fraction of sp³-hybridized carbons (Fsp3) is 0.348. The van der Waals surface area contributed by atoms with Gasteiger partial charge in [-0.3, -0.25) is 9.78 Å².